The van der Waals surface area contributed by atoms with E-state index in [0.29, 0.717) is 13.0 Å². The molecular weight excluding hydrogens is 396 g/mol. The predicted molar refractivity (Wildman–Crippen MR) is 115 cm³/mol. The van der Waals surface area contributed by atoms with Crippen LogP contribution in [0.5, 0.6) is 5.75 Å². The summed E-state index contributed by atoms with van der Waals surface area (Å²) in [6.45, 7) is 0.596. The minimum Gasteiger partial charge on any atom is -0.497 e. The van der Waals surface area contributed by atoms with Gasteiger partial charge in [-0.1, -0.05) is 30.3 Å². The number of aromatic amines is 1. The van der Waals surface area contributed by atoms with Crippen LogP contribution in [0.25, 0.3) is 10.9 Å². The van der Waals surface area contributed by atoms with E-state index in [1.165, 1.54) is 4.90 Å². The van der Waals surface area contributed by atoms with Crippen LogP contribution in [0.1, 0.15) is 17.5 Å². The molecule has 1 aliphatic rings. The molecule has 4 amide bonds. The normalized spacial score (nSPS) is 15.9. The Labute approximate surface area is 179 Å². The van der Waals surface area contributed by atoms with Crippen molar-refractivity contribution in [2.45, 2.75) is 25.4 Å². The number of urea groups is 1. The highest BCUT2D eigenvalue weighted by atomic mass is 16.5. The van der Waals surface area contributed by atoms with Crippen LogP contribution < -0.4 is 15.4 Å². The Bertz CT molecular complexity index is 1110. The number of rotatable bonds is 8. The Morgan fingerprint density at radius 1 is 1.13 bits per heavy atom. The average Bonchev–Trinajstić information content (AvgIpc) is 3.31. The number of imide groups is 1. The highest BCUT2D eigenvalue weighted by Gasteiger charge is 2.38. The van der Waals surface area contributed by atoms with E-state index in [4.69, 9.17) is 4.74 Å². The first-order valence-electron chi connectivity index (χ1n) is 10.1. The largest absolute Gasteiger partial charge is 0.497 e. The van der Waals surface area contributed by atoms with Gasteiger partial charge in [0.05, 0.1) is 13.5 Å². The zero-order valence-corrected chi connectivity index (χ0v) is 17.2. The molecule has 1 aromatic heterocycles. The number of aromatic nitrogens is 1. The van der Waals surface area contributed by atoms with Gasteiger partial charge in [0.1, 0.15) is 11.8 Å². The van der Waals surface area contributed by atoms with E-state index in [2.05, 4.69) is 15.6 Å². The summed E-state index contributed by atoms with van der Waals surface area (Å²) in [5.74, 6) is 0.0689. The first-order chi connectivity index (χ1) is 15.0. The Kier molecular flexibility index (Phi) is 5.88. The number of nitrogens with zero attached hydrogens (tertiary/aromatic N) is 1. The monoisotopic (exact) mass is 420 g/mol. The van der Waals surface area contributed by atoms with Gasteiger partial charge in [0.2, 0.25) is 5.91 Å². The lowest BCUT2D eigenvalue weighted by Gasteiger charge is -2.13. The lowest BCUT2D eigenvalue weighted by atomic mass is 10.1. The molecule has 0 aliphatic carbocycles. The predicted octanol–water partition coefficient (Wildman–Crippen LogP) is 2.35. The van der Waals surface area contributed by atoms with Gasteiger partial charge in [0.15, 0.2) is 0 Å². The molecule has 3 aromatic rings. The van der Waals surface area contributed by atoms with Crippen molar-refractivity contribution in [2.75, 3.05) is 13.7 Å². The van der Waals surface area contributed by atoms with Crippen LogP contribution in [0.3, 0.4) is 0 Å². The molecule has 0 radical (unpaired) electrons. The number of hydrogen-bond acceptors (Lipinski definition) is 4. The highest BCUT2D eigenvalue weighted by molar-refractivity contribution is 6.05. The van der Waals surface area contributed by atoms with Crippen molar-refractivity contribution >= 4 is 28.7 Å². The third kappa shape index (κ3) is 4.53. The van der Waals surface area contributed by atoms with Gasteiger partial charge < -0.3 is 20.4 Å². The second kappa shape index (κ2) is 8.91. The molecule has 2 aromatic carbocycles. The smallest absolute Gasteiger partial charge is 0.324 e. The van der Waals surface area contributed by atoms with Crippen LogP contribution >= 0.6 is 0 Å². The average molecular weight is 420 g/mol. The molecule has 31 heavy (non-hydrogen) atoms. The number of hydrogen-bond donors (Lipinski definition) is 3. The van der Waals surface area contributed by atoms with E-state index in [0.717, 1.165) is 27.8 Å². The van der Waals surface area contributed by atoms with Crippen molar-refractivity contribution in [3.63, 3.8) is 0 Å². The Morgan fingerprint density at radius 2 is 1.90 bits per heavy atom. The fourth-order valence-corrected chi connectivity index (χ4v) is 3.70. The molecule has 1 fully saturated rings. The zero-order valence-electron chi connectivity index (χ0n) is 17.2. The van der Waals surface area contributed by atoms with Crippen LogP contribution in [0.4, 0.5) is 4.79 Å². The number of ether oxygens (including phenoxy) is 1. The van der Waals surface area contributed by atoms with Crippen LogP contribution in [0.2, 0.25) is 0 Å². The second-order valence-electron chi connectivity index (χ2n) is 7.43. The van der Waals surface area contributed by atoms with Gasteiger partial charge in [0, 0.05) is 30.2 Å². The van der Waals surface area contributed by atoms with E-state index in [1.54, 1.807) is 7.11 Å². The third-order valence-corrected chi connectivity index (χ3v) is 5.42. The van der Waals surface area contributed by atoms with E-state index in [-0.39, 0.29) is 24.8 Å². The number of methoxy groups -OCH3 is 1. The summed E-state index contributed by atoms with van der Waals surface area (Å²) in [5.41, 5.74) is 2.97. The number of carbonyl (C=O) groups excluding carboxylic acids is 3. The first-order valence-corrected chi connectivity index (χ1v) is 10.1. The Balaban J connectivity index is 1.29. The maximum Gasteiger partial charge on any atom is 0.324 e. The summed E-state index contributed by atoms with van der Waals surface area (Å²) in [6, 6.07) is 13.9. The van der Waals surface area contributed by atoms with Crippen molar-refractivity contribution in [3.8, 4) is 5.75 Å². The minimum absolute atomic E-state index is 0.0929. The molecule has 1 atom stereocenters. The zero-order chi connectivity index (χ0) is 21.8. The van der Waals surface area contributed by atoms with E-state index < -0.39 is 12.1 Å². The van der Waals surface area contributed by atoms with Gasteiger partial charge in [-0.15, -0.1) is 0 Å². The fraction of sp³-hybridized carbons (Fsp3) is 0.261. The minimum atomic E-state index is -0.841. The van der Waals surface area contributed by atoms with Gasteiger partial charge >= 0.3 is 6.03 Å². The Hall–Kier alpha value is -3.81. The molecule has 0 unspecified atom stereocenters. The number of H-pyrrole nitrogens is 1. The molecule has 2 heterocycles. The van der Waals surface area contributed by atoms with Crippen LogP contribution in [0.15, 0.2) is 54.7 Å². The summed E-state index contributed by atoms with van der Waals surface area (Å²) in [4.78, 5) is 41.6. The van der Waals surface area contributed by atoms with Gasteiger partial charge in [-0.3, -0.25) is 14.5 Å². The summed E-state index contributed by atoms with van der Waals surface area (Å²) < 4.78 is 5.11. The number of benzene rings is 2. The lowest BCUT2D eigenvalue weighted by Crippen LogP contribution is -2.36. The van der Waals surface area contributed by atoms with Gasteiger partial charge in [-0.05, 0) is 35.7 Å². The maximum absolute atomic E-state index is 12.7. The molecule has 3 N–H and O–H groups in total. The van der Waals surface area contributed by atoms with Gasteiger partial charge in [0.25, 0.3) is 5.91 Å². The van der Waals surface area contributed by atoms with Crippen molar-refractivity contribution in [1.82, 2.24) is 20.5 Å². The molecule has 8 nitrogen and oxygen atoms in total. The summed E-state index contributed by atoms with van der Waals surface area (Å²) in [5, 5.41) is 6.47. The number of para-hydroxylation sites is 1. The second-order valence-corrected chi connectivity index (χ2v) is 7.43. The molecule has 8 heteroatoms. The number of nitrogens with one attached hydrogen (secondary N) is 3. The summed E-state index contributed by atoms with van der Waals surface area (Å²) in [6.07, 6.45) is 2.34. The van der Waals surface area contributed by atoms with Gasteiger partial charge in [-0.25, -0.2) is 4.79 Å². The maximum atomic E-state index is 12.7. The van der Waals surface area contributed by atoms with Crippen LogP contribution in [-0.2, 0) is 22.6 Å². The van der Waals surface area contributed by atoms with E-state index >= 15 is 0 Å². The first kappa shape index (κ1) is 20.5. The lowest BCUT2D eigenvalue weighted by molar-refractivity contribution is -0.130. The third-order valence-electron chi connectivity index (χ3n) is 5.42. The number of fused-ring (bicyclic) bond motifs is 1. The van der Waals surface area contributed by atoms with Crippen molar-refractivity contribution in [1.29, 1.82) is 0 Å². The molecule has 4 rings (SSSR count). The van der Waals surface area contributed by atoms with Crippen molar-refractivity contribution < 1.29 is 19.1 Å². The number of amides is 4. The SMILES string of the molecule is COc1ccc(CNC(=O)C[C@@H]2NC(=O)N(CCc3c[nH]c4ccccc34)C2=O)cc1. The van der Waals surface area contributed by atoms with Crippen LogP contribution in [-0.4, -0.2) is 47.4 Å². The molecule has 1 saturated heterocycles. The summed E-state index contributed by atoms with van der Waals surface area (Å²) >= 11 is 0. The molecule has 160 valence electrons. The molecule has 0 bridgehead atoms. The standard InChI is InChI=1S/C23H24N4O4/c1-31-17-8-6-15(7-9-17)13-25-21(28)12-20-22(29)27(23(30)26-20)11-10-16-14-24-19-5-3-2-4-18(16)19/h2-9,14,20,24H,10-13H2,1H3,(H,25,28)(H,26,30)/t20-/m0/s1. The van der Waals surface area contributed by atoms with Crippen LogP contribution in [0, 0.1) is 0 Å². The topological polar surface area (TPSA) is 104 Å². The fourth-order valence-electron chi connectivity index (χ4n) is 3.70. The quantitative estimate of drug-likeness (QED) is 0.487. The highest BCUT2D eigenvalue weighted by Crippen LogP contribution is 2.19. The van der Waals surface area contributed by atoms with Gasteiger partial charge in [-0.2, -0.15) is 0 Å². The van der Waals surface area contributed by atoms with E-state index in [1.807, 2.05) is 54.7 Å². The molecule has 0 saturated carbocycles. The summed E-state index contributed by atoms with van der Waals surface area (Å²) in [7, 11) is 1.59. The molecule has 0 spiro atoms. The Morgan fingerprint density at radius 3 is 2.68 bits per heavy atom. The number of carbonyl (C=O) groups is 3. The van der Waals surface area contributed by atoms with Crippen molar-refractivity contribution in [2.24, 2.45) is 0 Å². The van der Waals surface area contributed by atoms with E-state index in [9.17, 15) is 14.4 Å². The molecular formula is C23H24N4O4. The van der Waals surface area contributed by atoms with Crippen molar-refractivity contribution in [3.05, 3.63) is 65.9 Å². The molecule has 1 aliphatic heterocycles.